The lowest BCUT2D eigenvalue weighted by Crippen LogP contribution is -2.32. The van der Waals surface area contributed by atoms with Gasteiger partial charge in [-0.1, -0.05) is 5.21 Å². The summed E-state index contributed by atoms with van der Waals surface area (Å²) in [6.07, 6.45) is 0. The molecule has 1 atom stereocenters. The van der Waals surface area contributed by atoms with E-state index in [0.717, 1.165) is 0 Å². The third kappa shape index (κ3) is 1.12. The molecule has 4 N–H and O–H groups in total. The van der Waals surface area contributed by atoms with Crippen LogP contribution in [-0.4, -0.2) is 32.3 Å². The van der Waals surface area contributed by atoms with Gasteiger partial charge in [-0.25, -0.2) is 0 Å². The van der Waals surface area contributed by atoms with Crippen molar-refractivity contribution in [2.75, 3.05) is 6.54 Å². The number of nitrogens with zero attached hydrogens (tertiary/aromatic N) is 3. The number of nitrogens with one attached hydrogen (secondary N) is 1. The molecule has 6 heteroatoms. The van der Waals surface area contributed by atoms with Crippen LogP contribution >= 0.6 is 0 Å². The molecule has 1 aromatic heterocycles. The van der Waals surface area contributed by atoms with E-state index in [2.05, 4.69) is 20.6 Å². The summed E-state index contributed by atoms with van der Waals surface area (Å²) in [6.45, 7) is 1.60. The van der Waals surface area contributed by atoms with Crippen molar-refractivity contribution < 1.29 is 5.11 Å². The molecule has 6 nitrogen and oxygen atoms in total. The Hall–Kier alpha value is -1.01. The van der Waals surface area contributed by atoms with E-state index < -0.39 is 5.60 Å². The topological polar surface area (TPSA) is 101 Å². The lowest BCUT2D eigenvalue weighted by atomic mass is 10.1. The summed E-state index contributed by atoms with van der Waals surface area (Å²) >= 11 is 0. The summed E-state index contributed by atoms with van der Waals surface area (Å²) < 4.78 is 0. The van der Waals surface area contributed by atoms with Crippen LogP contribution in [0.25, 0.3) is 0 Å². The van der Waals surface area contributed by atoms with Crippen molar-refractivity contribution >= 4 is 0 Å². The fourth-order valence-electron chi connectivity index (χ4n) is 0.481. The molecular formula is C4H9N5O. The fourth-order valence-corrected chi connectivity index (χ4v) is 0.481. The summed E-state index contributed by atoms with van der Waals surface area (Å²) in [4.78, 5) is 0. The molecule has 0 aliphatic heterocycles. The Labute approximate surface area is 57.4 Å². The SMILES string of the molecule is CC(O)(CN)c1nn[nH]n1. The van der Waals surface area contributed by atoms with Crippen molar-refractivity contribution in [3.05, 3.63) is 5.82 Å². The number of aromatic amines is 1. The summed E-state index contributed by atoms with van der Waals surface area (Å²) in [5.41, 5.74) is 4.05. The van der Waals surface area contributed by atoms with E-state index >= 15 is 0 Å². The van der Waals surface area contributed by atoms with E-state index in [-0.39, 0.29) is 12.4 Å². The number of rotatable bonds is 2. The minimum atomic E-state index is -1.17. The Morgan fingerprint density at radius 2 is 2.50 bits per heavy atom. The normalized spacial score (nSPS) is 16.7. The molecule has 0 saturated heterocycles. The molecule has 0 fully saturated rings. The average Bonchev–Trinajstić information content (AvgIpc) is 2.38. The van der Waals surface area contributed by atoms with Gasteiger partial charge in [0.2, 0.25) is 5.82 Å². The second kappa shape index (κ2) is 2.31. The van der Waals surface area contributed by atoms with Gasteiger partial charge in [-0.05, 0) is 6.92 Å². The van der Waals surface area contributed by atoms with Gasteiger partial charge in [0.05, 0.1) is 0 Å². The highest BCUT2D eigenvalue weighted by Crippen LogP contribution is 2.11. The van der Waals surface area contributed by atoms with Crippen molar-refractivity contribution in [2.24, 2.45) is 5.73 Å². The van der Waals surface area contributed by atoms with Crippen LogP contribution in [0.4, 0.5) is 0 Å². The van der Waals surface area contributed by atoms with E-state index in [9.17, 15) is 5.11 Å². The van der Waals surface area contributed by atoms with Gasteiger partial charge in [0.15, 0.2) is 0 Å². The van der Waals surface area contributed by atoms with Crippen molar-refractivity contribution in [1.82, 2.24) is 20.6 Å². The van der Waals surface area contributed by atoms with E-state index in [1.807, 2.05) is 0 Å². The molecule has 0 spiro atoms. The molecule has 0 aliphatic rings. The fraction of sp³-hybridized carbons (Fsp3) is 0.750. The maximum absolute atomic E-state index is 9.37. The molecule has 0 bridgehead atoms. The second-order valence-electron chi connectivity index (χ2n) is 2.21. The van der Waals surface area contributed by atoms with Gasteiger partial charge in [0.1, 0.15) is 5.60 Å². The predicted molar refractivity (Wildman–Crippen MR) is 32.8 cm³/mol. The van der Waals surface area contributed by atoms with Crippen molar-refractivity contribution in [3.63, 3.8) is 0 Å². The Kier molecular flexibility index (Phi) is 1.64. The van der Waals surface area contributed by atoms with Gasteiger partial charge < -0.3 is 10.8 Å². The van der Waals surface area contributed by atoms with E-state index in [4.69, 9.17) is 5.73 Å². The van der Waals surface area contributed by atoms with Gasteiger partial charge in [-0.2, -0.15) is 5.21 Å². The van der Waals surface area contributed by atoms with Crippen LogP contribution in [0.3, 0.4) is 0 Å². The van der Waals surface area contributed by atoms with E-state index in [1.54, 1.807) is 0 Å². The molecule has 0 amide bonds. The van der Waals surface area contributed by atoms with Crippen LogP contribution in [0.5, 0.6) is 0 Å². The minimum absolute atomic E-state index is 0.0759. The van der Waals surface area contributed by atoms with Crippen LogP contribution in [0.1, 0.15) is 12.7 Å². The van der Waals surface area contributed by atoms with Gasteiger partial charge in [-0.15, -0.1) is 10.2 Å². The molecule has 1 unspecified atom stereocenters. The van der Waals surface area contributed by atoms with Gasteiger partial charge >= 0.3 is 0 Å². The summed E-state index contributed by atoms with van der Waals surface area (Å²) in [6, 6.07) is 0. The first-order chi connectivity index (χ1) is 4.67. The Bertz CT molecular complexity index is 193. The highest BCUT2D eigenvalue weighted by Gasteiger charge is 2.25. The number of aromatic nitrogens is 4. The van der Waals surface area contributed by atoms with Gasteiger partial charge in [0.25, 0.3) is 0 Å². The van der Waals surface area contributed by atoms with E-state index in [1.165, 1.54) is 6.92 Å². The second-order valence-corrected chi connectivity index (χ2v) is 2.21. The molecule has 0 aromatic carbocycles. The largest absolute Gasteiger partial charge is 0.381 e. The van der Waals surface area contributed by atoms with Crippen LogP contribution in [0.15, 0.2) is 0 Å². The first kappa shape index (κ1) is 7.10. The van der Waals surface area contributed by atoms with Crippen LogP contribution < -0.4 is 5.73 Å². The number of H-pyrrole nitrogens is 1. The van der Waals surface area contributed by atoms with Gasteiger partial charge in [0, 0.05) is 6.54 Å². The molecule has 1 rings (SSSR count). The molecule has 1 aromatic rings. The van der Waals surface area contributed by atoms with Crippen LogP contribution in [-0.2, 0) is 5.60 Å². The lowest BCUT2D eigenvalue weighted by Gasteiger charge is -2.14. The molecule has 0 saturated carbocycles. The Morgan fingerprint density at radius 1 is 1.80 bits per heavy atom. The first-order valence-corrected chi connectivity index (χ1v) is 2.83. The smallest absolute Gasteiger partial charge is 0.206 e. The zero-order valence-corrected chi connectivity index (χ0v) is 5.57. The first-order valence-electron chi connectivity index (χ1n) is 2.83. The third-order valence-electron chi connectivity index (χ3n) is 1.22. The Morgan fingerprint density at radius 3 is 2.90 bits per heavy atom. The van der Waals surface area contributed by atoms with Crippen molar-refractivity contribution in [1.29, 1.82) is 0 Å². The highest BCUT2D eigenvalue weighted by atomic mass is 16.3. The number of tetrazole rings is 1. The summed E-state index contributed by atoms with van der Waals surface area (Å²) in [5.74, 6) is 0.218. The maximum Gasteiger partial charge on any atom is 0.206 e. The number of aliphatic hydroxyl groups is 1. The van der Waals surface area contributed by atoms with Crippen LogP contribution in [0.2, 0.25) is 0 Å². The minimum Gasteiger partial charge on any atom is -0.381 e. The molecule has 56 valence electrons. The van der Waals surface area contributed by atoms with Crippen molar-refractivity contribution in [3.8, 4) is 0 Å². The van der Waals surface area contributed by atoms with Crippen molar-refractivity contribution in [2.45, 2.75) is 12.5 Å². The maximum atomic E-state index is 9.37. The molecule has 0 aliphatic carbocycles. The number of hydrogen-bond donors (Lipinski definition) is 3. The monoisotopic (exact) mass is 143 g/mol. The van der Waals surface area contributed by atoms with Crippen LogP contribution in [0, 0.1) is 0 Å². The molecule has 10 heavy (non-hydrogen) atoms. The average molecular weight is 143 g/mol. The van der Waals surface area contributed by atoms with Gasteiger partial charge in [-0.3, -0.25) is 0 Å². The van der Waals surface area contributed by atoms with E-state index in [0.29, 0.717) is 0 Å². The third-order valence-corrected chi connectivity index (χ3v) is 1.22. The number of hydrogen-bond acceptors (Lipinski definition) is 5. The number of nitrogens with two attached hydrogens (primary N) is 1. The molecular weight excluding hydrogens is 134 g/mol. The summed E-state index contributed by atoms with van der Waals surface area (Å²) in [7, 11) is 0. The lowest BCUT2D eigenvalue weighted by molar-refractivity contribution is 0.0573. The zero-order chi connectivity index (χ0) is 7.61. The highest BCUT2D eigenvalue weighted by molar-refractivity contribution is 4.94. The Balaban J connectivity index is 2.85. The molecule has 0 radical (unpaired) electrons. The predicted octanol–water partition coefficient (Wildman–Crippen LogP) is -1.63. The molecule has 1 heterocycles. The zero-order valence-electron chi connectivity index (χ0n) is 5.57. The standard InChI is InChI=1S/C4H9N5O/c1-4(10,2-5)3-6-8-9-7-3/h10H,2,5H2,1H3,(H,6,7,8,9). The quantitative estimate of drug-likeness (QED) is 0.461. The summed E-state index contributed by atoms with van der Waals surface area (Å²) in [5, 5.41) is 22.0.